The topological polar surface area (TPSA) is 32.6 Å². The number of hydrogen-bond acceptors (Lipinski definition) is 3. The molecule has 3 heteroatoms. The van der Waals surface area contributed by atoms with Crippen LogP contribution in [0.2, 0.25) is 0 Å². The van der Waals surface area contributed by atoms with Crippen LogP contribution in [0.15, 0.2) is 39.6 Å². The van der Waals surface area contributed by atoms with Crippen LogP contribution < -0.4 is 0 Å². The van der Waals surface area contributed by atoms with Crippen LogP contribution in [0.5, 0.6) is 0 Å². The summed E-state index contributed by atoms with van der Waals surface area (Å²) in [5.41, 5.74) is 1.25. The van der Waals surface area contributed by atoms with Gasteiger partial charge in [-0.3, -0.25) is 0 Å². The minimum Gasteiger partial charge on any atom is -0.397 e. The van der Waals surface area contributed by atoms with Crippen LogP contribution in [0.4, 0.5) is 0 Å². The molecule has 2 nitrogen and oxygen atoms in total. The third-order valence-corrected chi connectivity index (χ3v) is 2.29. The zero-order valence-corrected chi connectivity index (χ0v) is 8.87. The van der Waals surface area contributed by atoms with Gasteiger partial charge in [-0.25, -0.2) is 4.40 Å². The number of aliphatic hydroxyl groups is 1. The first-order valence-corrected chi connectivity index (χ1v) is 5.22. The molecular weight excluding hydrogens is 194 g/mol. The number of rotatable bonds is 0. The van der Waals surface area contributed by atoms with Gasteiger partial charge in [0.25, 0.3) is 0 Å². The molecule has 1 N–H and O–H groups in total. The second kappa shape index (κ2) is 6.40. The van der Waals surface area contributed by atoms with E-state index in [2.05, 4.69) is 22.6 Å². The van der Waals surface area contributed by atoms with Crippen molar-refractivity contribution in [2.75, 3.05) is 6.61 Å². The Hall–Kier alpha value is -1.06. The number of nitrogens with zero attached hydrogens (tertiary/aromatic N) is 1. The Morgan fingerprint density at radius 3 is 2.86 bits per heavy atom. The van der Waals surface area contributed by atoms with E-state index < -0.39 is 0 Å². The predicted octanol–water partition coefficient (Wildman–Crippen LogP) is 2.79. The lowest BCUT2D eigenvalue weighted by molar-refractivity contribution is 0.318. The lowest BCUT2D eigenvalue weighted by atomic mass is 10.2. The van der Waals surface area contributed by atoms with Gasteiger partial charge in [0.15, 0.2) is 0 Å². The van der Waals surface area contributed by atoms with Crippen molar-refractivity contribution in [1.29, 1.82) is 0 Å². The fourth-order valence-electron chi connectivity index (χ4n) is 0.970. The van der Waals surface area contributed by atoms with E-state index in [4.69, 9.17) is 5.11 Å². The summed E-state index contributed by atoms with van der Waals surface area (Å²) in [6, 6.07) is 8.23. The van der Waals surface area contributed by atoms with Gasteiger partial charge in [0.2, 0.25) is 0 Å². The summed E-state index contributed by atoms with van der Waals surface area (Å²) in [4.78, 5) is 1.22. The second-order valence-corrected chi connectivity index (χ2v) is 3.39. The first kappa shape index (κ1) is 11.0. The number of allylic oxidation sites excluding steroid dienone is 1. The Kier molecular flexibility index (Phi) is 5.04. The Morgan fingerprint density at radius 2 is 2.07 bits per heavy atom. The van der Waals surface area contributed by atoms with Gasteiger partial charge in [-0.05, 0) is 24.6 Å². The van der Waals surface area contributed by atoms with Crippen molar-refractivity contribution in [3.63, 3.8) is 0 Å². The molecule has 0 bridgehead atoms. The molecule has 0 unspecified atom stereocenters. The summed E-state index contributed by atoms with van der Waals surface area (Å²) in [5, 5.41) is 7.57. The molecule has 0 spiro atoms. The normalized spacial score (nSPS) is 12.4. The highest BCUT2D eigenvalue weighted by molar-refractivity contribution is 7.98. The average molecular weight is 207 g/mol. The summed E-state index contributed by atoms with van der Waals surface area (Å²) < 4.78 is 4.12. The number of hydrogen-bond donors (Lipinski definition) is 1. The van der Waals surface area contributed by atoms with E-state index in [0.29, 0.717) is 0 Å². The largest absolute Gasteiger partial charge is 0.397 e. The highest BCUT2D eigenvalue weighted by Gasteiger charge is 1.98. The van der Waals surface area contributed by atoms with Crippen LogP contribution in [0.25, 0.3) is 6.08 Å². The lowest BCUT2D eigenvalue weighted by Crippen LogP contribution is -1.73. The van der Waals surface area contributed by atoms with Crippen LogP contribution in [-0.2, 0) is 0 Å². The molecule has 1 aromatic carbocycles. The maximum absolute atomic E-state index is 7.57. The van der Waals surface area contributed by atoms with Crippen LogP contribution in [0.3, 0.4) is 0 Å². The molecular formula is C11H13NOS. The van der Waals surface area contributed by atoms with Gasteiger partial charge >= 0.3 is 0 Å². The molecule has 1 aliphatic heterocycles. The molecule has 0 radical (unpaired) electrons. The average Bonchev–Trinajstić information content (AvgIpc) is 2.43. The van der Waals surface area contributed by atoms with E-state index in [0.717, 1.165) is 0 Å². The SMILES string of the molecule is C1=Cc2ccccc2SN=C1.CCO. The van der Waals surface area contributed by atoms with Gasteiger partial charge in [-0.2, -0.15) is 0 Å². The van der Waals surface area contributed by atoms with E-state index in [1.807, 2.05) is 24.4 Å². The fraction of sp³-hybridized carbons (Fsp3) is 0.182. The first-order valence-electron chi connectivity index (χ1n) is 4.45. The summed E-state index contributed by atoms with van der Waals surface area (Å²) in [6.07, 6.45) is 5.84. The van der Waals surface area contributed by atoms with E-state index in [9.17, 15) is 0 Å². The maximum Gasteiger partial charge on any atom is 0.0402 e. The number of fused-ring (bicyclic) bond motifs is 1. The first-order chi connectivity index (χ1) is 6.88. The molecule has 0 atom stereocenters. The fourth-order valence-corrected chi connectivity index (χ4v) is 1.60. The van der Waals surface area contributed by atoms with Crippen molar-refractivity contribution in [2.24, 2.45) is 4.40 Å². The van der Waals surface area contributed by atoms with Crippen LogP contribution in [0, 0.1) is 0 Å². The minimum atomic E-state index is 0.250. The van der Waals surface area contributed by atoms with Crippen LogP contribution >= 0.6 is 11.9 Å². The van der Waals surface area contributed by atoms with E-state index in [1.54, 1.807) is 6.92 Å². The quantitative estimate of drug-likeness (QED) is 0.663. The van der Waals surface area contributed by atoms with Crippen molar-refractivity contribution in [2.45, 2.75) is 11.8 Å². The van der Waals surface area contributed by atoms with Gasteiger partial charge < -0.3 is 5.11 Å². The van der Waals surface area contributed by atoms with E-state index in [-0.39, 0.29) is 6.61 Å². The van der Waals surface area contributed by atoms with Crippen LogP contribution in [-0.4, -0.2) is 17.9 Å². The summed E-state index contributed by atoms with van der Waals surface area (Å²) >= 11 is 1.52. The zero-order chi connectivity index (χ0) is 10.2. The Balaban J connectivity index is 0.000000293. The molecule has 2 rings (SSSR count). The molecule has 1 heterocycles. The minimum absolute atomic E-state index is 0.250. The molecule has 0 saturated heterocycles. The highest BCUT2D eigenvalue weighted by atomic mass is 32.2. The van der Waals surface area contributed by atoms with Crippen LogP contribution in [0.1, 0.15) is 12.5 Å². The van der Waals surface area contributed by atoms with Gasteiger partial charge in [0.1, 0.15) is 0 Å². The molecule has 1 aliphatic rings. The van der Waals surface area contributed by atoms with Crippen molar-refractivity contribution < 1.29 is 5.11 Å². The molecule has 1 aromatic rings. The van der Waals surface area contributed by atoms with Crippen molar-refractivity contribution in [3.05, 3.63) is 35.9 Å². The van der Waals surface area contributed by atoms with Gasteiger partial charge in [-0.15, -0.1) is 0 Å². The van der Waals surface area contributed by atoms with Gasteiger partial charge in [-0.1, -0.05) is 24.3 Å². The summed E-state index contributed by atoms with van der Waals surface area (Å²) in [5.74, 6) is 0. The molecule has 14 heavy (non-hydrogen) atoms. The smallest absolute Gasteiger partial charge is 0.0402 e. The monoisotopic (exact) mass is 207 g/mol. The van der Waals surface area contributed by atoms with Crippen molar-refractivity contribution in [3.8, 4) is 0 Å². The molecule has 0 amide bonds. The molecule has 0 saturated carbocycles. The number of aliphatic hydroxyl groups excluding tert-OH is 1. The summed E-state index contributed by atoms with van der Waals surface area (Å²) in [6.45, 7) is 1.93. The Labute approximate surface area is 88.5 Å². The zero-order valence-electron chi connectivity index (χ0n) is 8.05. The Bertz CT molecular complexity index is 334. The highest BCUT2D eigenvalue weighted by Crippen LogP contribution is 2.25. The van der Waals surface area contributed by atoms with E-state index in [1.165, 1.54) is 22.4 Å². The van der Waals surface area contributed by atoms with E-state index >= 15 is 0 Å². The Morgan fingerprint density at radius 1 is 1.36 bits per heavy atom. The molecule has 0 aromatic heterocycles. The van der Waals surface area contributed by atoms with Crippen molar-refractivity contribution in [1.82, 2.24) is 0 Å². The molecule has 74 valence electrons. The second-order valence-electron chi connectivity index (χ2n) is 2.56. The number of benzene rings is 1. The van der Waals surface area contributed by atoms with Gasteiger partial charge in [0, 0.05) is 29.7 Å². The standard InChI is InChI=1S/C9H7NS.C2H6O/c1-2-6-9-8(4-1)5-3-7-10-11-9;1-2-3/h1-7H;3H,2H2,1H3. The predicted molar refractivity (Wildman–Crippen MR) is 62.6 cm³/mol. The summed E-state index contributed by atoms with van der Waals surface area (Å²) in [7, 11) is 0. The maximum atomic E-state index is 7.57. The molecule has 0 aliphatic carbocycles. The van der Waals surface area contributed by atoms with Crippen molar-refractivity contribution >= 4 is 24.2 Å². The molecule has 0 fully saturated rings. The lowest BCUT2D eigenvalue weighted by Gasteiger charge is -1.97. The van der Waals surface area contributed by atoms with Gasteiger partial charge in [0.05, 0.1) is 0 Å². The third kappa shape index (κ3) is 3.36. The third-order valence-electron chi connectivity index (χ3n) is 1.49.